The Labute approximate surface area is 77.2 Å². The molecule has 0 aliphatic rings. The van der Waals surface area contributed by atoms with E-state index in [2.05, 4.69) is 39.1 Å². The SMILES string of the molecule is CC/C(C)=C\CCNCC(C)C. The molecule has 0 aromatic heterocycles. The highest BCUT2D eigenvalue weighted by Gasteiger charge is 1.90. The lowest BCUT2D eigenvalue weighted by Crippen LogP contribution is -2.20. The first-order valence-corrected chi connectivity index (χ1v) is 5.03. The minimum atomic E-state index is 0.765. The van der Waals surface area contributed by atoms with Crippen LogP contribution in [0.4, 0.5) is 0 Å². The van der Waals surface area contributed by atoms with Gasteiger partial charge in [-0.25, -0.2) is 0 Å². The number of nitrogens with one attached hydrogen (secondary N) is 1. The molecule has 0 fully saturated rings. The molecule has 1 N–H and O–H groups in total. The van der Waals surface area contributed by atoms with E-state index in [1.54, 1.807) is 0 Å². The highest BCUT2D eigenvalue weighted by Crippen LogP contribution is 1.98. The van der Waals surface area contributed by atoms with E-state index in [0.29, 0.717) is 0 Å². The van der Waals surface area contributed by atoms with Gasteiger partial charge in [0.25, 0.3) is 0 Å². The van der Waals surface area contributed by atoms with Crippen molar-refractivity contribution < 1.29 is 0 Å². The van der Waals surface area contributed by atoms with E-state index >= 15 is 0 Å². The molecule has 0 rings (SSSR count). The molecule has 0 aliphatic carbocycles. The second kappa shape index (κ2) is 7.35. The molecule has 72 valence electrons. The molecule has 0 saturated carbocycles. The minimum Gasteiger partial charge on any atom is -0.316 e. The van der Waals surface area contributed by atoms with E-state index in [-0.39, 0.29) is 0 Å². The largest absolute Gasteiger partial charge is 0.316 e. The van der Waals surface area contributed by atoms with Gasteiger partial charge in [-0.1, -0.05) is 32.4 Å². The number of rotatable bonds is 6. The van der Waals surface area contributed by atoms with Gasteiger partial charge in [0.1, 0.15) is 0 Å². The summed E-state index contributed by atoms with van der Waals surface area (Å²) in [5.74, 6) is 0.765. The van der Waals surface area contributed by atoms with Crippen LogP contribution in [0.5, 0.6) is 0 Å². The molecule has 0 bridgehead atoms. The van der Waals surface area contributed by atoms with Gasteiger partial charge in [-0.05, 0) is 38.8 Å². The van der Waals surface area contributed by atoms with Crippen LogP contribution in [-0.4, -0.2) is 13.1 Å². The van der Waals surface area contributed by atoms with Crippen LogP contribution in [-0.2, 0) is 0 Å². The highest BCUT2D eigenvalue weighted by atomic mass is 14.8. The van der Waals surface area contributed by atoms with Crippen molar-refractivity contribution in [3.8, 4) is 0 Å². The zero-order valence-electron chi connectivity index (χ0n) is 8.98. The maximum atomic E-state index is 3.42. The van der Waals surface area contributed by atoms with Crippen LogP contribution < -0.4 is 5.32 Å². The van der Waals surface area contributed by atoms with E-state index in [9.17, 15) is 0 Å². The Kier molecular flexibility index (Phi) is 7.17. The lowest BCUT2D eigenvalue weighted by Gasteiger charge is -2.05. The summed E-state index contributed by atoms with van der Waals surface area (Å²) in [6, 6.07) is 0. The predicted molar refractivity (Wildman–Crippen MR) is 56.4 cm³/mol. The zero-order valence-corrected chi connectivity index (χ0v) is 8.98. The first-order valence-electron chi connectivity index (χ1n) is 5.03. The fourth-order valence-electron chi connectivity index (χ4n) is 0.956. The van der Waals surface area contributed by atoms with Crippen molar-refractivity contribution in [3.63, 3.8) is 0 Å². The van der Waals surface area contributed by atoms with Gasteiger partial charge in [0.15, 0.2) is 0 Å². The smallest absolute Gasteiger partial charge is 0.00141 e. The van der Waals surface area contributed by atoms with E-state index in [1.165, 1.54) is 18.4 Å². The average molecular weight is 169 g/mol. The third-order valence-corrected chi connectivity index (χ3v) is 1.92. The molecule has 12 heavy (non-hydrogen) atoms. The summed E-state index contributed by atoms with van der Waals surface area (Å²) < 4.78 is 0. The van der Waals surface area contributed by atoms with Gasteiger partial charge in [0.2, 0.25) is 0 Å². The molecular weight excluding hydrogens is 146 g/mol. The van der Waals surface area contributed by atoms with Crippen LogP contribution in [0.15, 0.2) is 11.6 Å². The van der Waals surface area contributed by atoms with Crippen LogP contribution >= 0.6 is 0 Å². The van der Waals surface area contributed by atoms with Gasteiger partial charge >= 0.3 is 0 Å². The van der Waals surface area contributed by atoms with E-state index in [0.717, 1.165) is 19.0 Å². The van der Waals surface area contributed by atoms with Crippen molar-refractivity contribution in [1.82, 2.24) is 5.32 Å². The molecule has 0 unspecified atom stereocenters. The second-order valence-corrected chi connectivity index (χ2v) is 3.79. The lowest BCUT2D eigenvalue weighted by molar-refractivity contribution is 0.556. The van der Waals surface area contributed by atoms with E-state index in [4.69, 9.17) is 0 Å². The fraction of sp³-hybridized carbons (Fsp3) is 0.818. The molecule has 0 spiro atoms. The van der Waals surface area contributed by atoms with Gasteiger partial charge in [-0.3, -0.25) is 0 Å². The predicted octanol–water partition coefficient (Wildman–Crippen LogP) is 2.98. The summed E-state index contributed by atoms with van der Waals surface area (Å²) in [7, 11) is 0. The van der Waals surface area contributed by atoms with Gasteiger partial charge in [0.05, 0.1) is 0 Å². The number of hydrogen-bond donors (Lipinski definition) is 1. The van der Waals surface area contributed by atoms with Gasteiger partial charge in [-0.2, -0.15) is 0 Å². The van der Waals surface area contributed by atoms with Crippen LogP contribution in [0.25, 0.3) is 0 Å². The highest BCUT2D eigenvalue weighted by molar-refractivity contribution is 4.96. The van der Waals surface area contributed by atoms with Crippen LogP contribution in [0.1, 0.15) is 40.5 Å². The van der Waals surface area contributed by atoms with Crippen molar-refractivity contribution in [2.45, 2.75) is 40.5 Å². The molecule has 1 heteroatoms. The second-order valence-electron chi connectivity index (χ2n) is 3.79. The van der Waals surface area contributed by atoms with Gasteiger partial charge in [0, 0.05) is 0 Å². The van der Waals surface area contributed by atoms with Crippen LogP contribution in [0.3, 0.4) is 0 Å². The van der Waals surface area contributed by atoms with Gasteiger partial charge < -0.3 is 5.32 Å². The monoisotopic (exact) mass is 169 g/mol. The number of allylic oxidation sites excluding steroid dienone is 1. The molecule has 0 heterocycles. The van der Waals surface area contributed by atoms with Crippen molar-refractivity contribution in [2.24, 2.45) is 5.92 Å². The molecule has 0 radical (unpaired) electrons. The standard InChI is InChI=1S/C11H23N/c1-5-11(4)7-6-8-12-9-10(2)3/h7,10,12H,5-6,8-9H2,1-4H3/b11-7-. The summed E-state index contributed by atoms with van der Waals surface area (Å²) in [4.78, 5) is 0. The maximum absolute atomic E-state index is 3.42. The summed E-state index contributed by atoms with van der Waals surface area (Å²) in [5.41, 5.74) is 1.50. The molecule has 1 nitrogen and oxygen atoms in total. The van der Waals surface area contributed by atoms with Crippen LogP contribution in [0, 0.1) is 5.92 Å². The summed E-state index contributed by atoms with van der Waals surface area (Å²) in [6.45, 7) is 11.1. The summed E-state index contributed by atoms with van der Waals surface area (Å²) in [6.07, 6.45) is 4.68. The fourth-order valence-corrected chi connectivity index (χ4v) is 0.956. The summed E-state index contributed by atoms with van der Waals surface area (Å²) >= 11 is 0. The third kappa shape index (κ3) is 7.80. The maximum Gasteiger partial charge on any atom is -0.00141 e. The molecular formula is C11H23N. The van der Waals surface area contributed by atoms with Gasteiger partial charge in [-0.15, -0.1) is 0 Å². The van der Waals surface area contributed by atoms with E-state index in [1.807, 2.05) is 0 Å². The Morgan fingerprint density at radius 2 is 2.08 bits per heavy atom. The van der Waals surface area contributed by atoms with E-state index < -0.39 is 0 Å². The zero-order chi connectivity index (χ0) is 9.40. The minimum absolute atomic E-state index is 0.765. The molecule has 0 aromatic rings. The average Bonchev–Trinajstić information content (AvgIpc) is 2.03. The van der Waals surface area contributed by atoms with Crippen molar-refractivity contribution in [3.05, 3.63) is 11.6 Å². The molecule has 0 aromatic carbocycles. The third-order valence-electron chi connectivity index (χ3n) is 1.92. The van der Waals surface area contributed by atoms with Crippen molar-refractivity contribution in [2.75, 3.05) is 13.1 Å². The molecule has 0 atom stereocenters. The first-order chi connectivity index (χ1) is 5.66. The Bertz CT molecular complexity index is 125. The Balaban J connectivity index is 3.21. The normalized spacial score (nSPS) is 12.6. The Morgan fingerprint density at radius 3 is 2.58 bits per heavy atom. The molecule has 0 saturated heterocycles. The van der Waals surface area contributed by atoms with Crippen molar-refractivity contribution >= 4 is 0 Å². The van der Waals surface area contributed by atoms with Crippen molar-refractivity contribution in [1.29, 1.82) is 0 Å². The quantitative estimate of drug-likeness (QED) is 0.476. The van der Waals surface area contributed by atoms with Crippen LogP contribution in [0.2, 0.25) is 0 Å². The number of hydrogen-bond acceptors (Lipinski definition) is 1. The first kappa shape index (κ1) is 11.7. The topological polar surface area (TPSA) is 12.0 Å². The Morgan fingerprint density at radius 1 is 1.42 bits per heavy atom. The molecule has 0 aliphatic heterocycles. The Hall–Kier alpha value is -0.300. The lowest BCUT2D eigenvalue weighted by atomic mass is 10.2. The molecule has 0 amide bonds. The summed E-state index contributed by atoms with van der Waals surface area (Å²) in [5, 5.41) is 3.42.